The SMILES string of the molecule is CC(=O)[O-].CC(=O)[O-].CC(=O)[O-].CC(=O)[O-].O=C[O-].[Ca+2].[Mg+2].[Na+]. The summed E-state index contributed by atoms with van der Waals surface area (Å²) in [7, 11) is 0. The fraction of sp³-hybridized carbons (Fsp3) is 0.444. The fourth-order valence-corrected chi connectivity index (χ4v) is 0. The summed E-state index contributed by atoms with van der Waals surface area (Å²) < 4.78 is 0. The average Bonchev–Trinajstić information content (AvgIpc) is 1.97. The van der Waals surface area contributed by atoms with E-state index in [1.807, 2.05) is 0 Å². The van der Waals surface area contributed by atoms with Crippen LogP contribution < -0.4 is 55.1 Å². The quantitative estimate of drug-likeness (QED) is 0.292. The molecule has 0 radical (unpaired) electrons. The first kappa shape index (κ1) is 49.5. The Morgan fingerprint density at radius 2 is 0.682 bits per heavy atom. The van der Waals surface area contributed by atoms with Crippen molar-refractivity contribution < 1.29 is 79.1 Å². The van der Waals surface area contributed by atoms with Crippen molar-refractivity contribution in [1.82, 2.24) is 0 Å². The van der Waals surface area contributed by atoms with E-state index in [2.05, 4.69) is 0 Å². The first-order valence-electron chi connectivity index (χ1n) is 4.10. The minimum atomic E-state index is -1.08. The second-order valence-corrected chi connectivity index (χ2v) is 2.06. The van der Waals surface area contributed by atoms with Crippen LogP contribution in [0.2, 0.25) is 0 Å². The van der Waals surface area contributed by atoms with Crippen molar-refractivity contribution in [1.29, 1.82) is 0 Å². The molecule has 0 aromatic rings. The molecule has 0 aliphatic heterocycles. The minimum Gasteiger partial charge on any atom is -0.554 e. The Kier molecular flexibility index (Phi) is 112. The van der Waals surface area contributed by atoms with Gasteiger partial charge in [0.05, 0.1) is 0 Å². The molecule has 22 heavy (non-hydrogen) atoms. The van der Waals surface area contributed by atoms with Gasteiger partial charge in [-0.2, -0.15) is 0 Å². The first-order valence-corrected chi connectivity index (χ1v) is 4.10. The zero-order valence-electron chi connectivity index (χ0n) is 13.1. The molecule has 0 bridgehead atoms. The molecular formula is C9H13CaMgNaO10. The Morgan fingerprint density at radius 1 is 0.682 bits per heavy atom. The van der Waals surface area contributed by atoms with Crippen LogP contribution in [0.25, 0.3) is 0 Å². The Labute approximate surface area is 195 Å². The van der Waals surface area contributed by atoms with Gasteiger partial charge in [0.25, 0.3) is 0 Å². The van der Waals surface area contributed by atoms with Crippen molar-refractivity contribution in [2.75, 3.05) is 0 Å². The van der Waals surface area contributed by atoms with Gasteiger partial charge in [-0.05, 0) is 27.7 Å². The van der Waals surface area contributed by atoms with Crippen molar-refractivity contribution in [2.24, 2.45) is 0 Å². The van der Waals surface area contributed by atoms with Crippen LogP contribution in [0.5, 0.6) is 0 Å². The number of aliphatic carboxylic acids is 4. The maximum Gasteiger partial charge on any atom is 2.00 e. The van der Waals surface area contributed by atoms with Gasteiger partial charge >= 0.3 is 90.3 Å². The molecular weight excluding hydrogens is 355 g/mol. The molecule has 0 amide bonds. The number of carboxylic acids is 4. The molecule has 0 aliphatic carbocycles. The van der Waals surface area contributed by atoms with Crippen molar-refractivity contribution >= 4 is 91.1 Å². The van der Waals surface area contributed by atoms with Gasteiger partial charge in [-0.15, -0.1) is 0 Å². The third kappa shape index (κ3) is 54100. The molecule has 0 unspecified atom stereocenters. The second kappa shape index (κ2) is 49.6. The van der Waals surface area contributed by atoms with E-state index in [4.69, 9.17) is 49.5 Å². The van der Waals surface area contributed by atoms with E-state index < -0.39 is 30.3 Å². The summed E-state index contributed by atoms with van der Waals surface area (Å²) in [5.74, 6) is -4.33. The van der Waals surface area contributed by atoms with Gasteiger partial charge in [-0.1, -0.05) is 0 Å². The Balaban J connectivity index is -0.0000000180. The molecule has 0 aliphatic rings. The number of carbonyl (C=O) groups excluding carboxylic acids is 5. The zero-order valence-corrected chi connectivity index (χ0v) is 18.7. The first-order chi connectivity index (χ1) is 8.34. The van der Waals surface area contributed by atoms with Gasteiger partial charge in [0.1, 0.15) is 0 Å². The number of hydrogen-bond donors (Lipinski definition) is 0. The fourth-order valence-electron chi connectivity index (χ4n) is 0. The summed E-state index contributed by atoms with van der Waals surface area (Å²) >= 11 is 0. The van der Waals surface area contributed by atoms with Crippen LogP contribution in [-0.4, -0.2) is 91.1 Å². The third-order valence-corrected chi connectivity index (χ3v) is 0. The number of carboxylic acid groups (broad SMARTS) is 5. The summed E-state index contributed by atoms with van der Waals surface area (Å²) in [5.41, 5.74) is 0. The second-order valence-electron chi connectivity index (χ2n) is 2.06. The predicted octanol–water partition coefficient (Wildman–Crippen LogP) is -10.4. The molecule has 13 heteroatoms. The van der Waals surface area contributed by atoms with Crippen LogP contribution in [0.15, 0.2) is 0 Å². The van der Waals surface area contributed by atoms with Gasteiger partial charge in [0, 0.05) is 30.3 Å². The maximum atomic E-state index is 8.89. The molecule has 0 aromatic carbocycles. The smallest absolute Gasteiger partial charge is 0.554 e. The van der Waals surface area contributed by atoms with Crippen LogP contribution in [0, 0.1) is 0 Å². The minimum absolute atomic E-state index is 0. The van der Waals surface area contributed by atoms with E-state index in [0.29, 0.717) is 0 Å². The number of carbonyl (C=O) groups is 5. The van der Waals surface area contributed by atoms with Crippen LogP contribution in [-0.2, 0) is 24.0 Å². The van der Waals surface area contributed by atoms with Crippen molar-refractivity contribution in [3.63, 3.8) is 0 Å². The molecule has 0 heterocycles. The molecule has 0 N–H and O–H groups in total. The summed E-state index contributed by atoms with van der Waals surface area (Å²) in [4.78, 5) is 43.8. The van der Waals surface area contributed by atoms with Gasteiger partial charge in [0.15, 0.2) is 0 Å². The van der Waals surface area contributed by atoms with Crippen LogP contribution >= 0.6 is 0 Å². The van der Waals surface area contributed by atoms with E-state index >= 15 is 0 Å². The van der Waals surface area contributed by atoms with Crippen LogP contribution in [0.3, 0.4) is 0 Å². The average molecular weight is 369 g/mol. The van der Waals surface area contributed by atoms with E-state index in [1.54, 1.807) is 0 Å². The molecule has 0 spiro atoms. The van der Waals surface area contributed by atoms with E-state index in [0.717, 1.165) is 27.7 Å². The molecule has 0 fully saturated rings. The van der Waals surface area contributed by atoms with E-state index in [1.165, 1.54) is 0 Å². The molecule has 10 nitrogen and oxygen atoms in total. The molecule has 0 rings (SSSR count). The maximum absolute atomic E-state index is 8.89. The van der Waals surface area contributed by atoms with Gasteiger partial charge < -0.3 is 49.5 Å². The van der Waals surface area contributed by atoms with Gasteiger partial charge in [0.2, 0.25) is 0 Å². The topological polar surface area (TPSA) is 201 Å². The molecule has 114 valence electrons. The van der Waals surface area contributed by atoms with Crippen molar-refractivity contribution in [3.8, 4) is 0 Å². The Morgan fingerprint density at radius 3 is 0.682 bits per heavy atom. The Hall–Kier alpha value is 0.376. The molecule has 0 aromatic heterocycles. The zero-order chi connectivity index (χ0) is 17.0. The van der Waals surface area contributed by atoms with Gasteiger partial charge in [-0.3, -0.25) is 0 Å². The summed E-state index contributed by atoms with van der Waals surface area (Å²) in [6.07, 6.45) is 0. The number of hydrogen-bond acceptors (Lipinski definition) is 10. The van der Waals surface area contributed by atoms with Crippen LogP contribution in [0.4, 0.5) is 0 Å². The molecule has 0 saturated heterocycles. The van der Waals surface area contributed by atoms with Gasteiger partial charge in [-0.25, -0.2) is 0 Å². The monoisotopic (exact) mass is 368 g/mol. The van der Waals surface area contributed by atoms with Crippen molar-refractivity contribution in [3.05, 3.63) is 0 Å². The Bertz CT molecular complexity index is 211. The summed E-state index contributed by atoms with van der Waals surface area (Å²) in [6.45, 7) is 3.39. The molecule has 0 saturated carbocycles. The van der Waals surface area contributed by atoms with E-state index in [9.17, 15) is 0 Å². The standard InChI is InChI=1S/4C2H4O2.CH2O2.Ca.Mg.Na/c4*1-2(3)4;2-1-3;;;/h4*1H3,(H,3,4);1H,(H,2,3);;;/q;;;;;2*+2;+1/p-5. The largest absolute Gasteiger partial charge is 2.00 e. The summed E-state index contributed by atoms with van der Waals surface area (Å²) in [5, 5.41) is 43.8. The van der Waals surface area contributed by atoms with Crippen molar-refractivity contribution in [2.45, 2.75) is 27.7 Å². The summed E-state index contributed by atoms with van der Waals surface area (Å²) in [6, 6.07) is 0. The normalized spacial score (nSPS) is 5.09. The predicted molar refractivity (Wildman–Crippen MR) is 60.3 cm³/mol. The third-order valence-electron chi connectivity index (χ3n) is 0. The number of rotatable bonds is 0. The molecule has 0 atom stereocenters. The van der Waals surface area contributed by atoms with E-state index in [-0.39, 0.29) is 90.3 Å². The van der Waals surface area contributed by atoms with Crippen LogP contribution in [0.1, 0.15) is 27.7 Å².